The molecule has 0 amide bonds. The molecule has 1 nitrogen and oxygen atoms in total. The number of benzene rings is 1. The zero-order chi connectivity index (χ0) is 13.2. The van der Waals surface area contributed by atoms with Crippen molar-refractivity contribution in [2.75, 3.05) is 11.9 Å². The molecule has 1 aromatic carbocycles. The van der Waals surface area contributed by atoms with Crippen LogP contribution in [0, 0.1) is 5.92 Å². The van der Waals surface area contributed by atoms with E-state index in [1.807, 2.05) is 11.3 Å². The van der Waals surface area contributed by atoms with Gasteiger partial charge in [-0.25, -0.2) is 0 Å². The second-order valence-electron chi connectivity index (χ2n) is 5.81. The summed E-state index contributed by atoms with van der Waals surface area (Å²) in [5.74, 6) is 1.34. The summed E-state index contributed by atoms with van der Waals surface area (Å²) in [5.41, 5.74) is 4.29. The Kier molecular flexibility index (Phi) is 3.61. The Morgan fingerprint density at radius 2 is 2.21 bits per heavy atom. The zero-order valence-electron chi connectivity index (χ0n) is 11.6. The van der Waals surface area contributed by atoms with Crippen molar-refractivity contribution in [2.45, 2.75) is 32.6 Å². The Labute approximate surface area is 119 Å². The molecule has 1 unspecified atom stereocenters. The Morgan fingerprint density at radius 3 is 2.95 bits per heavy atom. The van der Waals surface area contributed by atoms with Crippen LogP contribution in [0.5, 0.6) is 0 Å². The molecule has 0 radical (unpaired) electrons. The third-order valence-corrected chi connectivity index (χ3v) is 4.85. The monoisotopic (exact) mass is 271 g/mol. The van der Waals surface area contributed by atoms with Gasteiger partial charge in [-0.15, -0.1) is 11.3 Å². The maximum absolute atomic E-state index is 3.60. The summed E-state index contributed by atoms with van der Waals surface area (Å²) in [6, 6.07) is 11.3. The number of anilines is 1. The first kappa shape index (κ1) is 12.7. The normalized spacial score (nSPS) is 18.2. The maximum atomic E-state index is 3.60. The molecule has 2 heterocycles. The minimum atomic E-state index is 0.614. The van der Waals surface area contributed by atoms with Crippen molar-refractivity contribution >= 4 is 17.0 Å². The SMILES string of the molecule is CC(C)c1ccc2c(c1)CC(Cc1cccs1)CN2. The molecule has 3 rings (SSSR count). The van der Waals surface area contributed by atoms with Crippen molar-refractivity contribution in [3.8, 4) is 0 Å². The summed E-state index contributed by atoms with van der Waals surface area (Å²) >= 11 is 1.88. The van der Waals surface area contributed by atoms with E-state index in [0.29, 0.717) is 5.92 Å². The second kappa shape index (κ2) is 5.38. The molecule has 0 saturated carbocycles. The smallest absolute Gasteiger partial charge is 0.0373 e. The summed E-state index contributed by atoms with van der Waals surface area (Å²) in [6.07, 6.45) is 2.41. The van der Waals surface area contributed by atoms with Gasteiger partial charge in [0.15, 0.2) is 0 Å². The number of hydrogen-bond acceptors (Lipinski definition) is 2. The molecule has 100 valence electrons. The number of fused-ring (bicyclic) bond motifs is 1. The van der Waals surface area contributed by atoms with Gasteiger partial charge in [-0.2, -0.15) is 0 Å². The fraction of sp³-hybridized carbons (Fsp3) is 0.412. The molecule has 0 fully saturated rings. The minimum absolute atomic E-state index is 0.614. The standard InChI is InChI=1S/C17H21NS/c1-12(2)14-5-6-17-15(10-14)8-13(11-18-17)9-16-4-3-7-19-16/h3-7,10,12-13,18H,8-9,11H2,1-2H3. The van der Waals surface area contributed by atoms with Crippen LogP contribution in [0.1, 0.15) is 35.8 Å². The molecular formula is C17H21NS. The summed E-state index contributed by atoms with van der Waals surface area (Å²) < 4.78 is 0. The van der Waals surface area contributed by atoms with E-state index in [4.69, 9.17) is 0 Å². The van der Waals surface area contributed by atoms with E-state index in [0.717, 1.165) is 12.5 Å². The quantitative estimate of drug-likeness (QED) is 0.853. The molecule has 2 aromatic rings. The van der Waals surface area contributed by atoms with E-state index in [1.165, 1.54) is 34.5 Å². The van der Waals surface area contributed by atoms with Gasteiger partial charge < -0.3 is 5.32 Å². The first-order valence-electron chi connectivity index (χ1n) is 7.11. The molecule has 1 atom stereocenters. The molecule has 19 heavy (non-hydrogen) atoms. The highest BCUT2D eigenvalue weighted by Gasteiger charge is 2.19. The number of nitrogens with one attached hydrogen (secondary N) is 1. The Morgan fingerprint density at radius 1 is 1.32 bits per heavy atom. The molecule has 0 aliphatic carbocycles. The largest absolute Gasteiger partial charge is 0.385 e. The van der Waals surface area contributed by atoms with Crippen LogP contribution in [0.15, 0.2) is 35.7 Å². The molecule has 1 aromatic heterocycles. The van der Waals surface area contributed by atoms with Crippen LogP contribution in [0.25, 0.3) is 0 Å². The number of thiophene rings is 1. The minimum Gasteiger partial charge on any atom is -0.385 e. The van der Waals surface area contributed by atoms with Gasteiger partial charge in [0.2, 0.25) is 0 Å². The van der Waals surface area contributed by atoms with E-state index < -0.39 is 0 Å². The lowest BCUT2D eigenvalue weighted by Gasteiger charge is -2.27. The second-order valence-corrected chi connectivity index (χ2v) is 6.84. The molecule has 0 bridgehead atoms. The van der Waals surface area contributed by atoms with Crippen molar-refractivity contribution in [1.82, 2.24) is 0 Å². The van der Waals surface area contributed by atoms with Gasteiger partial charge in [0.1, 0.15) is 0 Å². The molecule has 1 aliphatic heterocycles. The van der Waals surface area contributed by atoms with Crippen molar-refractivity contribution in [1.29, 1.82) is 0 Å². The Balaban J connectivity index is 1.76. The van der Waals surface area contributed by atoms with Gasteiger partial charge in [-0.05, 0) is 53.3 Å². The molecule has 1 aliphatic rings. The van der Waals surface area contributed by atoms with Crippen LogP contribution in [0.4, 0.5) is 5.69 Å². The molecule has 2 heteroatoms. The summed E-state index contributed by atoms with van der Waals surface area (Å²) in [6.45, 7) is 5.63. The van der Waals surface area contributed by atoms with Crippen LogP contribution >= 0.6 is 11.3 Å². The fourth-order valence-electron chi connectivity index (χ4n) is 2.81. The van der Waals surface area contributed by atoms with Crippen LogP contribution in [0.3, 0.4) is 0 Å². The van der Waals surface area contributed by atoms with E-state index in [1.54, 1.807) is 0 Å². The van der Waals surface area contributed by atoms with Crippen molar-refractivity contribution in [2.24, 2.45) is 5.92 Å². The van der Waals surface area contributed by atoms with Gasteiger partial charge >= 0.3 is 0 Å². The first-order valence-corrected chi connectivity index (χ1v) is 7.99. The molecule has 1 N–H and O–H groups in total. The van der Waals surface area contributed by atoms with Crippen LogP contribution < -0.4 is 5.32 Å². The first-order chi connectivity index (χ1) is 9.22. The molecular weight excluding hydrogens is 250 g/mol. The lowest BCUT2D eigenvalue weighted by molar-refractivity contribution is 0.539. The third kappa shape index (κ3) is 2.84. The average Bonchev–Trinajstić information content (AvgIpc) is 2.90. The number of rotatable bonds is 3. The fourth-order valence-corrected chi connectivity index (χ4v) is 3.63. The summed E-state index contributed by atoms with van der Waals surface area (Å²) in [7, 11) is 0. The third-order valence-electron chi connectivity index (χ3n) is 3.96. The summed E-state index contributed by atoms with van der Waals surface area (Å²) in [5, 5.41) is 5.77. The Bertz CT molecular complexity index is 542. The van der Waals surface area contributed by atoms with Crippen molar-refractivity contribution in [3.63, 3.8) is 0 Å². The molecule has 0 spiro atoms. The van der Waals surface area contributed by atoms with E-state index in [-0.39, 0.29) is 0 Å². The predicted octanol–water partition coefficient (Wildman–Crippen LogP) is 4.70. The van der Waals surface area contributed by atoms with Gasteiger partial charge in [0, 0.05) is 17.1 Å². The lowest BCUT2D eigenvalue weighted by Crippen LogP contribution is -2.24. The maximum Gasteiger partial charge on any atom is 0.0373 e. The predicted molar refractivity (Wildman–Crippen MR) is 84.2 cm³/mol. The van der Waals surface area contributed by atoms with Gasteiger partial charge in [0.05, 0.1) is 0 Å². The highest BCUT2D eigenvalue weighted by Crippen LogP contribution is 2.30. The van der Waals surface area contributed by atoms with Gasteiger partial charge in [-0.1, -0.05) is 32.0 Å². The number of hydrogen-bond donors (Lipinski definition) is 1. The van der Waals surface area contributed by atoms with Crippen LogP contribution in [-0.4, -0.2) is 6.54 Å². The van der Waals surface area contributed by atoms with E-state index in [9.17, 15) is 0 Å². The highest BCUT2D eigenvalue weighted by atomic mass is 32.1. The van der Waals surface area contributed by atoms with Crippen molar-refractivity contribution < 1.29 is 0 Å². The Hall–Kier alpha value is -1.28. The van der Waals surface area contributed by atoms with Crippen LogP contribution in [0.2, 0.25) is 0 Å². The molecule has 0 saturated heterocycles. The van der Waals surface area contributed by atoms with Gasteiger partial charge in [0.25, 0.3) is 0 Å². The highest BCUT2D eigenvalue weighted by molar-refractivity contribution is 7.09. The average molecular weight is 271 g/mol. The van der Waals surface area contributed by atoms with E-state index in [2.05, 4.69) is 54.9 Å². The van der Waals surface area contributed by atoms with E-state index >= 15 is 0 Å². The zero-order valence-corrected chi connectivity index (χ0v) is 12.5. The van der Waals surface area contributed by atoms with Crippen LogP contribution in [-0.2, 0) is 12.8 Å². The topological polar surface area (TPSA) is 12.0 Å². The van der Waals surface area contributed by atoms with Crippen molar-refractivity contribution in [3.05, 3.63) is 51.7 Å². The van der Waals surface area contributed by atoms with Gasteiger partial charge in [-0.3, -0.25) is 0 Å². The lowest BCUT2D eigenvalue weighted by atomic mass is 9.88. The summed E-state index contributed by atoms with van der Waals surface area (Å²) in [4.78, 5) is 1.51.